The van der Waals surface area contributed by atoms with Gasteiger partial charge in [0.05, 0.1) is 18.7 Å². The van der Waals surface area contributed by atoms with E-state index in [0.29, 0.717) is 30.6 Å². The highest BCUT2D eigenvalue weighted by Gasteiger charge is 2.25. The van der Waals surface area contributed by atoms with Crippen LogP contribution in [0, 0.1) is 0 Å². The summed E-state index contributed by atoms with van der Waals surface area (Å²) in [5.41, 5.74) is 0.669. The maximum Gasteiger partial charge on any atom is 0.240 e. The minimum Gasteiger partial charge on any atom is -0.491 e. The second-order valence-corrected chi connectivity index (χ2v) is 6.44. The molecule has 0 radical (unpaired) electrons. The molecular weight excluding hydrogens is 306 g/mol. The molecule has 1 aromatic carbocycles. The Morgan fingerprint density at radius 1 is 1.29 bits per heavy atom. The number of benzene rings is 1. The van der Waals surface area contributed by atoms with Crippen molar-refractivity contribution in [2.45, 2.75) is 32.2 Å². The number of rotatable bonds is 5. The van der Waals surface area contributed by atoms with Gasteiger partial charge in [-0.1, -0.05) is 12.1 Å². The summed E-state index contributed by atoms with van der Waals surface area (Å²) in [5.74, 6) is 0.440. The largest absolute Gasteiger partial charge is 0.491 e. The highest BCUT2D eigenvalue weighted by Crippen LogP contribution is 2.30. The third-order valence-electron chi connectivity index (χ3n) is 4.69. The molecule has 0 aliphatic carbocycles. The predicted octanol–water partition coefficient (Wildman–Crippen LogP) is 1.40. The lowest BCUT2D eigenvalue weighted by molar-refractivity contribution is -0.124. The zero-order valence-electron chi connectivity index (χ0n) is 14.2. The second-order valence-electron chi connectivity index (χ2n) is 6.44. The molecular formula is C18H25N3O3. The number of para-hydroxylation sites is 2. The van der Waals surface area contributed by atoms with Crippen LogP contribution in [0.25, 0.3) is 0 Å². The van der Waals surface area contributed by atoms with Gasteiger partial charge in [-0.25, -0.2) is 0 Å². The van der Waals surface area contributed by atoms with Crippen LogP contribution in [0.5, 0.6) is 5.75 Å². The Hall–Kier alpha value is -2.08. The Bertz CT molecular complexity index is 599. The van der Waals surface area contributed by atoms with Crippen LogP contribution in [0.15, 0.2) is 24.3 Å². The lowest BCUT2D eigenvalue weighted by Gasteiger charge is -2.25. The molecule has 1 N–H and O–H groups in total. The van der Waals surface area contributed by atoms with E-state index in [0.717, 1.165) is 13.1 Å². The van der Waals surface area contributed by atoms with Crippen LogP contribution in [0.4, 0.5) is 5.69 Å². The van der Waals surface area contributed by atoms with Gasteiger partial charge in [-0.2, -0.15) is 0 Å². The number of carbonyl (C=O) groups is 2. The minimum absolute atomic E-state index is 0.0337. The van der Waals surface area contributed by atoms with Gasteiger partial charge in [0.15, 0.2) is 0 Å². The van der Waals surface area contributed by atoms with Gasteiger partial charge in [-0.3, -0.25) is 19.4 Å². The van der Waals surface area contributed by atoms with Crippen molar-refractivity contribution in [3.05, 3.63) is 24.3 Å². The van der Waals surface area contributed by atoms with Crippen LogP contribution in [-0.4, -0.2) is 55.5 Å². The Kier molecular flexibility index (Phi) is 5.35. The number of amides is 2. The highest BCUT2D eigenvalue weighted by atomic mass is 16.5. The van der Waals surface area contributed by atoms with E-state index in [2.05, 4.69) is 17.1 Å². The number of nitrogens with zero attached hydrogens (tertiary/aromatic N) is 2. The van der Waals surface area contributed by atoms with Crippen molar-refractivity contribution in [1.82, 2.24) is 10.2 Å². The number of ether oxygens (including phenoxy) is 1. The van der Waals surface area contributed by atoms with Crippen LogP contribution < -0.4 is 15.0 Å². The van der Waals surface area contributed by atoms with E-state index in [-0.39, 0.29) is 24.8 Å². The third kappa shape index (κ3) is 3.87. The van der Waals surface area contributed by atoms with Crippen molar-refractivity contribution in [3.8, 4) is 5.75 Å². The Morgan fingerprint density at radius 2 is 2.04 bits per heavy atom. The first-order valence-corrected chi connectivity index (χ1v) is 8.68. The summed E-state index contributed by atoms with van der Waals surface area (Å²) >= 11 is 0. The topological polar surface area (TPSA) is 61.9 Å². The molecule has 0 unspecified atom stereocenters. The van der Waals surface area contributed by atoms with Gasteiger partial charge in [0, 0.05) is 12.6 Å². The van der Waals surface area contributed by atoms with Crippen LogP contribution in [0.3, 0.4) is 0 Å². The molecule has 1 atom stereocenters. The Labute approximate surface area is 142 Å². The first-order valence-electron chi connectivity index (χ1n) is 8.68. The normalized spacial score (nSPS) is 19.4. The Balaban J connectivity index is 1.59. The number of hydrogen-bond acceptors (Lipinski definition) is 4. The molecule has 2 heterocycles. The van der Waals surface area contributed by atoms with Crippen molar-refractivity contribution >= 4 is 17.5 Å². The van der Waals surface area contributed by atoms with Crippen LogP contribution in [0.2, 0.25) is 0 Å². The van der Waals surface area contributed by atoms with E-state index in [1.54, 1.807) is 0 Å². The summed E-state index contributed by atoms with van der Waals surface area (Å²) in [4.78, 5) is 28.6. The van der Waals surface area contributed by atoms with E-state index < -0.39 is 0 Å². The van der Waals surface area contributed by atoms with E-state index in [1.165, 1.54) is 17.7 Å². The number of carbonyl (C=O) groups excluding carboxylic acids is 2. The number of fused-ring (bicyclic) bond motifs is 1. The van der Waals surface area contributed by atoms with Gasteiger partial charge in [0.1, 0.15) is 12.3 Å². The fraction of sp³-hybridized carbons (Fsp3) is 0.556. The minimum atomic E-state index is -0.133. The van der Waals surface area contributed by atoms with Crippen molar-refractivity contribution in [3.63, 3.8) is 0 Å². The average molecular weight is 331 g/mol. The van der Waals surface area contributed by atoms with Gasteiger partial charge in [-0.05, 0) is 45.0 Å². The number of likely N-dealkylation sites (tertiary alicyclic amines) is 1. The molecule has 3 rings (SSSR count). The molecule has 6 nitrogen and oxygen atoms in total. The van der Waals surface area contributed by atoms with E-state index in [4.69, 9.17) is 4.74 Å². The van der Waals surface area contributed by atoms with Crippen molar-refractivity contribution in [1.29, 1.82) is 0 Å². The van der Waals surface area contributed by atoms with Crippen molar-refractivity contribution in [2.24, 2.45) is 0 Å². The summed E-state index contributed by atoms with van der Waals surface area (Å²) in [5, 5.41) is 2.96. The van der Waals surface area contributed by atoms with E-state index >= 15 is 0 Å². The summed E-state index contributed by atoms with van der Waals surface area (Å²) < 4.78 is 5.60. The van der Waals surface area contributed by atoms with Crippen LogP contribution in [-0.2, 0) is 9.59 Å². The first-order chi connectivity index (χ1) is 11.6. The molecule has 24 heavy (non-hydrogen) atoms. The molecule has 2 aliphatic rings. The first kappa shape index (κ1) is 16.8. The molecule has 130 valence electrons. The smallest absolute Gasteiger partial charge is 0.240 e. The molecule has 0 bridgehead atoms. The van der Waals surface area contributed by atoms with Crippen molar-refractivity contribution in [2.75, 3.05) is 37.7 Å². The molecule has 2 amide bonds. The SMILES string of the molecule is C[C@H](CNC(=O)CN1C(=O)CCOc2ccccc21)N1CCCC1. The molecule has 1 saturated heterocycles. The highest BCUT2D eigenvalue weighted by molar-refractivity contribution is 6.00. The van der Waals surface area contributed by atoms with E-state index in [1.807, 2.05) is 24.3 Å². The standard InChI is InChI=1S/C18H25N3O3/c1-14(20-9-4-5-10-20)12-19-17(22)13-21-15-6-2-3-7-16(15)24-11-8-18(21)23/h2-3,6-7,14H,4-5,8-13H2,1H3,(H,19,22)/t14-/m1/s1. The third-order valence-corrected chi connectivity index (χ3v) is 4.69. The number of anilines is 1. The van der Waals surface area contributed by atoms with Gasteiger partial charge >= 0.3 is 0 Å². The maximum atomic E-state index is 12.3. The lowest BCUT2D eigenvalue weighted by Crippen LogP contribution is -2.45. The van der Waals surface area contributed by atoms with Gasteiger partial charge in [0.25, 0.3) is 0 Å². The molecule has 6 heteroatoms. The predicted molar refractivity (Wildman–Crippen MR) is 92.2 cm³/mol. The second kappa shape index (κ2) is 7.66. The molecule has 1 fully saturated rings. The van der Waals surface area contributed by atoms with Gasteiger partial charge < -0.3 is 10.1 Å². The lowest BCUT2D eigenvalue weighted by atomic mass is 10.2. The monoisotopic (exact) mass is 331 g/mol. The summed E-state index contributed by atoms with van der Waals surface area (Å²) in [6.45, 7) is 5.33. The fourth-order valence-electron chi connectivity index (χ4n) is 3.27. The molecule has 0 spiro atoms. The van der Waals surface area contributed by atoms with Crippen LogP contribution in [0.1, 0.15) is 26.2 Å². The summed E-state index contributed by atoms with van der Waals surface area (Å²) in [6, 6.07) is 7.69. The maximum absolute atomic E-state index is 12.3. The quantitative estimate of drug-likeness (QED) is 0.886. The zero-order chi connectivity index (χ0) is 16.9. The number of nitrogens with one attached hydrogen (secondary N) is 1. The molecule has 2 aliphatic heterocycles. The summed E-state index contributed by atoms with van der Waals surface area (Å²) in [7, 11) is 0. The van der Waals surface area contributed by atoms with E-state index in [9.17, 15) is 9.59 Å². The molecule has 1 aromatic rings. The van der Waals surface area contributed by atoms with Gasteiger partial charge in [-0.15, -0.1) is 0 Å². The molecule has 0 aromatic heterocycles. The number of hydrogen-bond donors (Lipinski definition) is 1. The zero-order valence-corrected chi connectivity index (χ0v) is 14.2. The fourth-order valence-corrected chi connectivity index (χ4v) is 3.27. The van der Waals surface area contributed by atoms with Crippen molar-refractivity contribution < 1.29 is 14.3 Å². The molecule has 0 saturated carbocycles. The summed E-state index contributed by atoms with van der Waals surface area (Å²) in [6.07, 6.45) is 2.75. The average Bonchev–Trinajstić information content (AvgIpc) is 3.08. The van der Waals surface area contributed by atoms with Gasteiger partial charge in [0.2, 0.25) is 11.8 Å². The Morgan fingerprint density at radius 3 is 2.83 bits per heavy atom. The van der Waals surface area contributed by atoms with Crippen LogP contribution >= 0.6 is 0 Å².